The molecule has 0 aliphatic heterocycles. The molecular weight excluding hydrogens is 356 g/mol. The fourth-order valence-electron chi connectivity index (χ4n) is 2.78. The minimum absolute atomic E-state index is 0.0914. The number of oxazole rings is 1. The second-order valence-corrected chi connectivity index (χ2v) is 6.38. The first kappa shape index (κ1) is 19.2. The molecule has 0 bridgehead atoms. The zero-order chi connectivity index (χ0) is 19.9. The van der Waals surface area contributed by atoms with E-state index >= 15 is 0 Å². The lowest BCUT2D eigenvalue weighted by Crippen LogP contribution is -2.26. The van der Waals surface area contributed by atoms with Crippen LogP contribution in [0.25, 0.3) is 11.3 Å². The molecule has 7 nitrogen and oxygen atoms in total. The highest BCUT2D eigenvalue weighted by Gasteiger charge is 2.12. The van der Waals surface area contributed by atoms with E-state index in [9.17, 15) is 9.59 Å². The summed E-state index contributed by atoms with van der Waals surface area (Å²) in [5.41, 5.74) is 7.56. The van der Waals surface area contributed by atoms with Crippen LogP contribution in [0.2, 0.25) is 0 Å². The number of nitrogens with one attached hydrogen (secondary N) is 2. The van der Waals surface area contributed by atoms with Gasteiger partial charge in [-0.1, -0.05) is 42.5 Å². The molecule has 1 atom stereocenters. The average molecular weight is 378 g/mol. The van der Waals surface area contributed by atoms with Crippen LogP contribution in [0.4, 0.5) is 10.5 Å². The SMILES string of the molecule is CC(NC(=O)CCc1ncc(-c2ccccc2)o1)c1ccc(NC(N)=O)cc1. The van der Waals surface area contributed by atoms with E-state index < -0.39 is 6.03 Å². The molecule has 1 unspecified atom stereocenters. The molecular formula is C21H22N4O3. The largest absolute Gasteiger partial charge is 0.441 e. The van der Waals surface area contributed by atoms with E-state index in [1.807, 2.05) is 49.4 Å². The number of carbonyl (C=O) groups excluding carboxylic acids is 2. The summed E-state index contributed by atoms with van der Waals surface area (Å²) in [6, 6.07) is 16.1. The first-order valence-corrected chi connectivity index (χ1v) is 8.97. The molecule has 1 heterocycles. The molecule has 2 aromatic carbocycles. The average Bonchev–Trinajstić information content (AvgIpc) is 3.16. The molecule has 4 N–H and O–H groups in total. The smallest absolute Gasteiger partial charge is 0.316 e. The molecule has 0 spiro atoms. The number of aryl methyl sites for hydroxylation is 1. The molecule has 0 aliphatic carbocycles. The third-order valence-corrected chi connectivity index (χ3v) is 4.23. The van der Waals surface area contributed by atoms with E-state index in [4.69, 9.17) is 10.2 Å². The molecule has 28 heavy (non-hydrogen) atoms. The number of rotatable bonds is 7. The van der Waals surface area contributed by atoms with Gasteiger partial charge in [0.15, 0.2) is 11.7 Å². The third kappa shape index (κ3) is 5.20. The summed E-state index contributed by atoms with van der Waals surface area (Å²) in [5, 5.41) is 5.44. The Balaban J connectivity index is 1.50. The number of nitrogens with two attached hydrogens (primary N) is 1. The number of hydrogen-bond acceptors (Lipinski definition) is 4. The lowest BCUT2D eigenvalue weighted by molar-refractivity contribution is -0.121. The van der Waals surface area contributed by atoms with Crippen LogP contribution < -0.4 is 16.4 Å². The minimum atomic E-state index is -0.615. The van der Waals surface area contributed by atoms with Gasteiger partial charge < -0.3 is 20.8 Å². The molecule has 0 radical (unpaired) electrons. The number of anilines is 1. The van der Waals surface area contributed by atoms with Gasteiger partial charge in [-0.15, -0.1) is 0 Å². The van der Waals surface area contributed by atoms with E-state index in [0.29, 0.717) is 23.8 Å². The Morgan fingerprint density at radius 3 is 2.50 bits per heavy atom. The van der Waals surface area contributed by atoms with Gasteiger partial charge in [0, 0.05) is 24.1 Å². The summed E-state index contributed by atoms with van der Waals surface area (Å²) in [6.07, 6.45) is 2.38. The van der Waals surface area contributed by atoms with Crippen LogP contribution in [0.3, 0.4) is 0 Å². The molecule has 3 rings (SSSR count). The summed E-state index contributed by atoms with van der Waals surface area (Å²) in [4.78, 5) is 27.3. The number of aromatic nitrogens is 1. The fourth-order valence-corrected chi connectivity index (χ4v) is 2.78. The Labute approximate surface area is 163 Å². The number of primary amides is 1. The normalized spacial score (nSPS) is 11.6. The fraction of sp³-hybridized carbons (Fsp3) is 0.190. The van der Waals surface area contributed by atoms with Crippen LogP contribution in [0.5, 0.6) is 0 Å². The first-order valence-electron chi connectivity index (χ1n) is 8.97. The van der Waals surface area contributed by atoms with E-state index in [2.05, 4.69) is 15.6 Å². The van der Waals surface area contributed by atoms with Crippen molar-refractivity contribution in [1.82, 2.24) is 10.3 Å². The molecule has 0 fully saturated rings. The van der Waals surface area contributed by atoms with Crippen molar-refractivity contribution in [3.8, 4) is 11.3 Å². The molecule has 3 aromatic rings. The van der Waals surface area contributed by atoms with Crippen molar-refractivity contribution in [1.29, 1.82) is 0 Å². The molecule has 7 heteroatoms. The van der Waals surface area contributed by atoms with Crippen molar-refractivity contribution in [3.63, 3.8) is 0 Å². The molecule has 0 saturated heterocycles. The predicted molar refractivity (Wildman–Crippen MR) is 106 cm³/mol. The van der Waals surface area contributed by atoms with Crippen molar-refractivity contribution in [2.75, 3.05) is 5.32 Å². The summed E-state index contributed by atoms with van der Waals surface area (Å²) in [7, 11) is 0. The lowest BCUT2D eigenvalue weighted by Gasteiger charge is -2.14. The van der Waals surface area contributed by atoms with Crippen LogP contribution >= 0.6 is 0 Å². The third-order valence-electron chi connectivity index (χ3n) is 4.23. The Kier molecular flexibility index (Phi) is 6.06. The van der Waals surface area contributed by atoms with E-state index in [1.54, 1.807) is 18.3 Å². The highest BCUT2D eigenvalue weighted by Crippen LogP contribution is 2.20. The molecule has 3 amide bonds. The monoisotopic (exact) mass is 378 g/mol. The second kappa shape index (κ2) is 8.85. The Morgan fingerprint density at radius 2 is 1.82 bits per heavy atom. The number of nitrogens with zero attached hydrogens (tertiary/aromatic N) is 1. The number of hydrogen-bond donors (Lipinski definition) is 3. The number of benzene rings is 2. The summed E-state index contributed by atoms with van der Waals surface area (Å²) < 4.78 is 5.72. The van der Waals surface area contributed by atoms with Gasteiger partial charge in [-0.05, 0) is 24.6 Å². The van der Waals surface area contributed by atoms with Crippen LogP contribution in [0, 0.1) is 0 Å². The van der Waals surface area contributed by atoms with Crippen molar-refractivity contribution in [2.45, 2.75) is 25.8 Å². The quantitative estimate of drug-likeness (QED) is 0.583. The van der Waals surface area contributed by atoms with Gasteiger partial charge in [-0.2, -0.15) is 0 Å². The van der Waals surface area contributed by atoms with Gasteiger partial charge in [0.05, 0.1) is 12.2 Å². The van der Waals surface area contributed by atoms with Crippen molar-refractivity contribution in [3.05, 3.63) is 72.2 Å². The molecule has 0 aliphatic rings. The van der Waals surface area contributed by atoms with Crippen molar-refractivity contribution >= 4 is 17.6 Å². The Bertz CT molecular complexity index is 936. The maximum Gasteiger partial charge on any atom is 0.316 e. The van der Waals surface area contributed by atoms with Gasteiger partial charge in [-0.25, -0.2) is 9.78 Å². The lowest BCUT2D eigenvalue weighted by atomic mass is 10.1. The van der Waals surface area contributed by atoms with E-state index in [0.717, 1.165) is 11.1 Å². The second-order valence-electron chi connectivity index (χ2n) is 6.38. The maximum absolute atomic E-state index is 12.2. The van der Waals surface area contributed by atoms with E-state index in [1.165, 1.54) is 0 Å². The maximum atomic E-state index is 12.2. The standard InChI is InChI=1S/C21H22N4O3/c1-14(15-7-9-17(10-8-15)25-21(22)27)24-19(26)11-12-20-23-13-18(28-20)16-5-3-2-4-6-16/h2-10,13-14H,11-12H2,1H3,(H,24,26)(H3,22,25,27). The Morgan fingerprint density at radius 1 is 1.11 bits per heavy atom. The highest BCUT2D eigenvalue weighted by atomic mass is 16.4. The van der Waals surface area contributed by atoms with Gasteiger partial charge in [0.1, 0.15) is 0 Å². The van der Waals surface area contributed by atoms with Gasteiger partial charge in [-0.3, -0.25) is 4.79 Å². The zero-order valence-corrected chi connectivity index (χ0v) is 15.5. The molecule has 0 saturated carbocycles. The number of urea groups is 1. The zero-order valence-electron chi connectivity index (χ0n) is 15.5. The molecule has 1 aromatic heterocycles. The van der Waals surface area contributed by atoms with Crippen LogP contribution in [0.1, 0.15) is 30.8 Å². The van der Waals surface area contributed by atoms with Crippen molar-refractivity contribution in [2.24, 2.45) is 5.73 Å². The predicted octanol–water partition coefficient (Wildman–Crippen LogP) is 3.64. The van der Waals surface area contributed by atoms with E-state index in [-0.39, 0.29) is 18.4 Å². The van der Waals surface area contributed by atoms with Gasteiger partial charge in [0.2, 0.25) is 5.91 Å². The van der Waals surface area contributed by atoms with Crippen molar-refractivity contribution < 1.29 is 14.0 Å². The van der Waals surface area contributed by atoms with Gasteiger partial charge in [0.25, 0.3) is 0 Å². The number of carbonyl (C=O) groups is 2. The number of amides is 3. The summed E-state index contributed by atoms with van der Waals surface area (Å²) in [5.74, 6) is 1.13. The first-order chi connectivity index (χ1) is 13.5. The highest BCUT2D eigenvalue weighted by molar-refractivity contribution is 5.87. The Hall–Kier alpha value is -3.61. The topological polar surface area (TPSA) is 110 Å². The van der Waals surface area contributed by atoms with Crippen LogP contribution in [-0.4, -0.2) is 16.9 Å². The minimum Gasteiger partial charge on any atom is -0.441 e. The van der Waals surface area contributed by atoms with Crippen LogP contribution in [0.15, 0.2) is 65.2 Å². The summed E-state index contributed by atoms with van der Waals surface area (Å²) >= 11 is 0. The molecule has 144 valence electrons. The van der Waals surface area contributed by atoms with Crippen LogP contribution in [-0.2, 0) is 11.2 Å². The van der Waals surface area contributed by atoms with Gasteiger partial charge >= 0.3 is 6.03 Å². The summed E-state index contributed by atoms with van der Waals surface area (Å²) in [6.45, 7) is 1.90.